The van der Waals surface area contributed by atoms with Crippen LogP contribution in [0.4, 0.5) is 11.5 Å². The maximum atomic E-state index is 11.9. The lowest BCUT2D eigenvalue weighted by Crippen LogP contribution is -2.15. The van der Waals surface area contributed by atoms with E-state index in [9.17, 15) is 4.79 Å². The van der Waals surface area contributed by atoms with E-state index >= 15 is 0 Å². The van der Waals surface area contributed by atoms with Crippen molar-refractivity contribution in [3.63, 3.8) is 0 Å². The summed E-state index contributed by atoms with van der Waals surface area (Å²) in [7, 11) is 0. The Hall–Kier alpha value is -2.07. The third-order valence-corrected chi connectivity index (χ3v) is 3.10. The number of rotatable bonds is 3. The van der Waals surface area contributed by atoms with E-state index in [1.807, 2.05) is 25.1 Å². The molecule has 0 bridgehead atoms. The number of aromatic nitrogens is 1. The van der Waals surface area contributed by atoms with Gasteiger partial charge in [-0.3, -0.25) is 4.79 Å². The van der Waals surface area contributed by atoms with Crippen molar-refractivity contribution in [3.8, 4) is 0 Å². The van der Waals surface area contributed by atoms with Crippen molar-refractivity contribution >= 4 is 29.0 Å². The van der Waals surface area contributed by atoms with Gasteiger partial charge in [0.05, 0.1) is 18.3 Å². The lowest BCUT2D eigenvalue weighted by molar-refractivity contribution is -0.115. The molecule has 0 aliphatic heterocycles. The molecule has 0 spiro atoms. The monoisotopic (exact) mass is 275 g/mol. The molecule has 1 aromatic heterocycles. The van der Waals surface area contributed by atoms with E-state index < -0.39 is 0 Å². The molecular weight excluding hydrogens is 262 g/mol. The van der Waals surface area contributed by atoms with Crippen LogP contribution in [0, 0.1) is 6.92 Å². The second kappa shape index (κ2) is 5.71. The van der Waals surface area contributed by atoms with Crippen molar-refractivity contribution in [2.75, 3.05) is 11.1 Å². The van der Waals surface area contributed by atoms with Crippen LogP contribution >= 0.6 is 11.6 Å². The van der Waals surface area contributed by atoms with E-state index in [0.29, 0.717) is 16.5 Å². The first-order chi connectivity index (χ1) is 9.06. The molecule has 98 valence electrons. The van der Waals surface area contributed by atoms with E-state index in [0.717, 1.165) is 11.1 Å². The van der Waals surface area contributed by atoms with Gasteiger partial charge >= 0.3 is 0 Å². The van der Waals surface area contributed by atoms with Gasteiger partial charge in [0.1, 0.15) is 5.82 Å². The molecule has 0 aliphatic rings. The Balaban J connectivity index is 2.05. The van der Waals surface area contributed by atoms with Gasteiger partial charge in [-0.05, 0) is 30.2 Å². The third-order valence-electron chi connectivity index (χ3n) is 2.73. The molecule has 0 atom stereocenters. The number of hydrogen-bond donors (Lipinski definition) is 2. The Morgan fingerprint density at radius 2 is 2.16 bits per heavy atom. The van der Waals surface area contributed by atoms with Gasteiger partial charge in [-0.2, -0.15) is 0 Å². The van der Waals surface area contributed by atoms with Crippen LogP contribution in [-0.2, 0) is 11.2 Å². The largest absolute Gasteiger partial charge is 0.397 e. The second-order valence-electron chi connectivity index (χ2n) is 4.24. The number of nitrogen functional groups attached to an aromatic ring is 1. The number of nitrogens with zero attached hydrogens (tertiary/aromatic N) is 1. The molecule has 1 aromatic carbocycles. The highest BCUT2D eigenvalue weighted by atomic mass is 35.5. The molecule has 0 fully saturated rings. The molecule has 1 amide bonds. The highest BCUT2D eigenvalue weighted by Crippen LogP contribution is 2.17. The summed E-state index contributed by atoms with van der Waals surface area (Å²) in [5.41, 5.74) is 7.94. The summed E-state index contributed by atoms with van der Waals surface area (Å²) in [5, 5.41) is 3.30. The Morgan fingerprint density at radius 1 is 1.42 bits per heavy atom. The van der Waals surface area contributed by atoms with Gasteiger partial charge in [-0.15, -0.1) is 0 Å². The quantitative estimate of drug-likeness (QED) is 0.905. The lowest BCUT2D eigenvalue weighted by atomic mass is 10.1. The molecule has 0 saturated carbocycles. The second-order valence-corrected chi connectivity index (χ2v) is 4.65. The maximum absolute atomic E-state index is 11.9. The summed E-state index contributed by atoms with van der Waals surface area (Å²) < 4.78 is 0. The number of carbonyl (C=O) groups is 1. The van der Waals surface area contributed by atoms with Crippen LogP contribution in [0.1, 0.15) is 11.1 Å². The van der Waals surface area contributed by atoms with Crippen molar-refractivity contribution in [2.24, 2.45) is 0 Å². The molecule has 2 aromatic rings. The molecule has 0 saturated heterocycles. The Morgan fingerprint density at radius 3 is 2.84 bits per heavy atom. The van der Waals surface area contributed by atoms with Crippen LogP contribution in [0.25, 0.3) is 0 Å². The van der Waals surface area contributed by atoms with Gasteiger partial charge in [-0.25, -0.2) is 4.98 Å². The number of nitrogens with two attached hydrogens (primary N) is 1. The van der Waals surface area contributed by atoms with E-state index in [-0.39, 0.29) is 12.3 Å². The first kappa shape index (κ1) is 13.4. The number of nitrogens with one attached hydrogen (secondary N) is 1. The Bertz CT molecular complexity index is 613. The minimum absolute atomic E-state index is 0.162. The number of aryl methyl sites for hydroxylation is 1. The van der Waals surface area contributed by atoms with Crippen LogP contribution in [0.5, 0.6) is 0 Å². The molecule has 0 radical (unpaired) electrons. The molecule has 0 aliphatic carbocycles. The summed E-state index contributed by atoms with van der Waals surface area (Å²) in [6.45, 7) is 1.86. The van der Waals surface area contributed by atoms with Gasteiger partial charge in [0.15, 0.2) is 0 Å². The molecule has 19 heavy (non-hydrogen) atoms. The molecule has 5 heteroatoms. The number of amides is 1. The van der Waals surface area contributed by atoms with Crippen LogP contribution in [-0.4, -0.2) is 10.9 Å². The summed E-state index contributed by atoms with van der Waals surface area (Å²) in [6.07, 6.45) is 1.74. The number of anilines is 2. The topological polar surface area (TPSA) is 68.0 Å². The number of carbonyl (C=O) groups excluding carboxylic acids is 1. The molecule has 3 N–H and O–H groups in total. The maximum Gasteiger partial charge on any atom is 0.230 e. The van der Waals surface area contributed by atoms with Gasteiger partial charge in [0.2, 0.25) is 5.91 Å². The zero-order chi connectivity index (χ0) is 13.8. The van der Waals surface area contributed by atoms with E-state index in [4.69, 9.17) is 17.3 Å². The van der Waals surface area contributed by atoms with Crippen LogP contribution in [0.3, 0.4) is 0 Å². The SMILES string of the molecule is Cc1cc(NC(=O)Cc2ccccc2Cl)ncc1N. The molecule has 4 nitrogen and oxygen atoms in total. The number of halogens is 1. The predicted octanol–water partition coefficient (Wildman–Crippen LogP) is 2.81. The fourth-order valence-electron chi connectivity index (χ4n) is 1.64. The average molecular weight is 276 g/mol. The van der Waals surface area contributed by atoms with E-state index in [1.165, 1.54) is 6.20 Å². The van der Waals surface area contributed by atoms with Gasteiger partial charge in [-0.1, -0.05) is 29.8 Å². The van der Waals surface area contributed by atoms with Crippen molar-refractivity contribution in [3.05, 3.63) is 52.7 Å². The highest BCUT2D eigenvalue weighted by molar-refractivity contribution is 6.31. The van der Waals surface area contributed by atoms with Crippen molar-refractivity contribution in [2.45, 2.75) is 13.3 Å². The standard InChI is InChI=1S/C14H14ClN3O/c1-9-6-13(17-8-12(9)16)18-14(19)7-10-4-2-3-5-11(10)15/h2-6,8H,7,16H2,1H3,(H,17,18,19). The summed E-state index contributed by atoms with van der Waals surface area (Å²) >= 11 is 6.01. The molecule has 2 rings (SSSR count). The third kappa shape index (κ3) is 3.45. The fraction of sp³-hybridized carbons (Fsp3) is 0.143. The zero-order valence-electron chi connectivity index (χ0n) is 10.5. The van der Waals surface area contributed by atoms with Crippen molar-refractivity contribution in [1.29, 1.82) is 0 Å². The summed E-state index contributed by atoms with van der Waals surface area (Å²) in [4.78, 5) is 15.9. The predicted molar refractivity (Wildman–Crippen MR) is 77.2 cm³/mol. The first-order valence-corrected chi connectivity index (χ1v) is 6.19. The molecule has 0 unspecified atom stereocenters. The van der Waals surface area contributed by atoms with Crippen molar-refractivity contribution < 1.29 is 4.79 Å². The highest BCUT2D eigenvalue weighted by Gasteiger charge is 2.08. The fourth-order valence-corrected chi connectivity index (χ4v) is 1.84. The molecular formula is C14H14ClN3O. The van der Waals surface area contributed by atoms with Gasteiger partial charge in [0, 0.05) is 5.02 Å². The zero-order valence-corrected chi connectivity index (χ0v) is 11.2. The molecule has 1 heterocycles. The number of hydrogen-bond acceptors (Lipinski definition) is 3. The normalized spacial score (nSPS) is 10.2. The average Bonchev–Trinajstić information content (AvgIpc) is 2.37. The minimum atomic E-state index is -0.162. The van der Waals surface area contributed by atoms with Gasteiger partial charge in [0.25, 0.3) is 0 Å². The number of benzene rings is 1. The van der Waals surface area contributed by atoms with Crippen LogP contribution in [0.15, 0.2) is 36.5 Å². The summed E-state index contributed by atoms with van der Waals surface area (Å²) in [6, 6.07) is 8.99. The lowest BCUT2D eigenvalue weighted by Gasteiger charge is -2.07. The number of pyridine rings is 1. The van der Waals surface area contributed by atoms with Crippen LogP contribution in [0.2, 0.25) is 5.02 Å². The Kier molecular flexibility index (Phi) is 4.02. The van der Waals surface area contributed by atoms with Crippen molar-refractivity contribution in [1.82, 2.24) is 4.98 Å². The van der Waals surface area contributed by atoms with E-state index in [2.05, 4.69) is 10.3 Å². The summed E-state index contributed by atoms with van der Waals surface area (Å²) in [5.74, 6) is 0.327. The van der Waals surface area contributed by atoms with E-state index in [1.54, 1.807) is 12.1 Å². The smallest absolute Gasteiger partial charge is 0.230 e. The minimum Gasteiger partial charge on any atom is -0.397 e. The first-order valence-electron chi connectivity index (χ1n) is 5.81. The van der Waals surface area contributed by atoms with Gasteiger partial charge < -0.3 is 11.1 Å². The Labute approximate surface area is 116 Å². The van der Waals surface area contributed by atoms with Crippen LogP contribution < -0.4 is 11.1 Å².